The van der Waals surface area contributed by atoms with Crippen molar-refractivity contribution in [2.75, 3.05) is 13.1 Å². The minimum Gasteiger partial charge on any atom is -0.352 e. The van der Waals surface area contributed by atoms with Gasteiger partial charge in [0, 0.05) is 11.6 Å². The standard InChI is InChI=1S/C16H15Cl2N3O/c17-13-6-7-15(14(18)10-13)20-16-19-8-9-21(16)22-11-12-4-2-1-3-5-12/h1-7,10H,8-9,11H2,(H,19,20). The van der Waals surface area contributed by atoms with Crippen LogP contribution in [0.4, 0.5) is 5.69 Å². The largest absolute Gasteiger partial charge is 0.352 e. The molecule has 2 aromatic carbocycles. The first kappa shape index (κ1) is 15.2. The van der Waals surface area contributed by atoms with Gasteiger partial charge in [-0.1, -0.05) is 53.5 Å². The van der Waals surface area contributed by atoms with E-state index in [2.05, 4.69) is 10.3 Å². The van der Waals surface area contributed by atoms with Crippen molar-refractivity contribution in [2.24, 2.45) is 4.99 Å². The lowest BCUT2D eigenvalue weighted by molar-refractivity contribution is -0.102. The highest BCUT2D eigenvalue weighted by Gasteiger charge is 2.19. The molecule has 6 heteroatoms. The van der Waals surface area contributed by atoms with E-state index in [9.17, 15) is 0 Å². The van der Waals surface area contributed by atoms with Gasteiger partial charge in [-0.2, -0.15) is 0 Å². The summed E-state index contributed by atoms with van der Waals surface area (Å²) >= 11 is 12.0. The average Bonchev–Trinajstić information content (AvgIpc) is 2.96. The van der Waals surface area contributed by atoms with Gasteiger partial charge in [0.2, 0.25) is 5.96 Å². The van der Waals surface area contributed by atoms with Crippen LogP contribution in [0.1, 0.15) is 5.56 Å². The Kier molecular flexibility index (Phi) is 4.83. The van der Waals surface area contributed by atoms with E-state index in [0.717, 1.165) is 18.7 Å². The monoisotopic (exact) mass is 335 g/mol. The summed E-state index contributed by atoms with van der Waals surface area (Å²) in [6.07, 6.45) is 0. The second-order valence-electron chi connectivity index (χ2n) is 4.82. The molecule has 1 aliphatic heterocycles. The number of hydrogen-bond acceptors (Lipinski definition) is 2. The summed E-state index contributed by atoms with van der Waals surface area (Å²) in [5.74, 6) is 0.653. The molecule has 0 atom stereocenters. The van der Waals surface area contributed by atoms with Gasteiger partial charge in [0.25, 0.3) is 0 Å². The minimum atomic E-state index is 0.496. The van der Waals surface area contributed by atoms with E-state index in [0.29, 0.717) is 28.3 Å². The molecule has 0 spiro atoms. The van der Waals surface area contributed by atoms with E-state index in [4.69, 9.17) is 28.0 Å². The fourth-order valence-corrected chi connectivity index (χ4v) is 2.55. The lowest BCUT2D eigenvalue weighted by Gasteiger charge is -2.17. The van der Waals surface area contributed by atoms with Gasteiger partial charge in [-0.15, -0.1) is 0 Å². The Hall–Kier alpha value is -1.75. The minimum absolute atomic E-state index is 0.496. The van der Waals surface area contributed by atoms with Gasteiger partial charge >= 0.3 is 0 Å². The quantitative estimate of drug-likeness (QED) is 0.916. The zero-order chi connectivity index (χ0) is 15.4. The van der Waals surface area contributed by atoms with Crippen LogP contribution < -0.4 is 5.32 Å². The summed E-state index contributed by atoms with van der Waals surface area (Å²) in [7, 11) is 0. The maximum absolute atomic E-state index is 6.15. The second-order valence-corrected chi connectivity index (χ2v) is 5.66. The van der Waals surface area contributed by atoms with Gasteiger partial charge in [-0.3, -0.25) is 4.84 Å². The number of rotatable bonds is 4. The number of guanidine groups is 1. The first-order chi connectivity index (χ1) is 10.7. The Labute approximate surface area is 139 Å². The van der Waals surface area contributed by atoms with E-state index in [1.54, 1.807) is 23.3 Å². The molecule has 1 saturated heterocycles. The maximum Gasteiger partial charge on any atom is 0.223 e. The van der Waals surface area contributed by atoms with Crippen LogP contribution in [-0.4, -0.2) is 24.1 Å². The highest BCUT2D eigenvalue weighted by molar-refractivity contribution is 6.36. The van der Waals surface area contributed by atoms with Crippen LogP contribution in [0.5, 0.6) is 0 Å². The Morgan fingerprint density at radius 1 is 1.14 bits per heavy atom. The molecule has 1 heterocycles. The fourth-order valence-electron chi connectivity index (χ4n) is 2.10. The molecule has 22 heavy (non-hydrogen) atoms. The molecule has 0 unspecified atom stereocenters. The van der Waals surface area contributed by atoms with Crippen molar-refractivity contribution >= 4 is 34.8 Å². The molecule has 0 saturated carbocycles. The van der Waals surface area contributed by atoms with Gasteiger partial charge in [-0.05, 0) is 23.8 Å². The van der Waals surface area contributed by atoms with Crippen molar-refractivity contribution in [3.63, 3.8) is 0 Å². The lowest BCUT2D eigenvalue weighted by Crippen LogP contribution is -2.30. The predicted octanol–water partition coefficient (Wildman–Crippen LogP) is 4.02. The van der Waals surface area contributed by atoms with Crippen molar-refractivity contribution in [1.82, 2.24) is 10.4 Å². The third-order valence-corrected chi connectivity index (χ3v) is 3.74. The molecule has 2 aromatic rings. The van der Waals surface area contributed by atoms with E-state index in [1.807, 2.05) is 30.3 Å². The highest BCUT2D eigenvalue weighted by atomic mass is 35.5. The summed E-state index contributed by atoms with van der Waals surface area (Å²) in [5, 5.41) is 6.04. The van der Waals surface area contributed by atoms with Gasteiger partial charge in [0.15, 0.2) is 0 Å². The number of benzene rings is 2. The summed E-state index contributed by atoms with van der Waals surface area (Å²) < 4.78 is 0. The molecule has 0 aliphatic carbocycles. The fraction of sp³-hybridized carbons (Fsp3) is 0.188. The zero-order valence-corrected chi connectivity index (χ0v) is 13.3. The van der Waals surface area contributed by atoms with Crippen LogP contribution in [0.2, 0.25) is 10.0 Å². The van der Waals surface area contributed by atoms with Crippen molar-refractivity contribution < 1.29 is 4.84 Å². The van der Waals surface area contributed by atoms with Crippen LogP contribution in [0, 0.1) is 0 Å². The molecule has 3 rings (SSSR count). The third-order valence-electron chi connectivity index (χ3n) is 3.20. The Balaban J connectivity index is 1.71. The molecule has 1 aliphatic rings. The molecular formula is C16H15Cl2N3O. The van der Waals surface area contributed by atoms with E-state index < -0.39 is 0 Å². The topological polar surface area (TPSA) is 36.9 Å². The number of aliphatic imine (C=N–C) groups is 1. The maximum atomic E-state index is 6.15. The molecule has 0 radical (unpaired) electrons. The van der Waals surface area contributed by atoms with Crippen molar-refractivity contribution in [1.29, 1.82) is 0 Å². The second kappa shape index (κ2) is 7.01. The normalized spacial score (nSPS) is 16.1. The van der Waals surface area contributed by atoms with Crippen LogP contribution in [0.15, 0.2) is 53.5 Å². The number of hydroxylamine groups is 2. The number of hydrogen-bond donors (Lipinski definition) is 1. The lowest BCUT2D eigenvalue weighted by atomic mass is 10.2. The van der Waals surface area contributed by atoms with Crippen LogP contribution >= 0.6 is 23.2 Å². The molecule has 1 fully saturated rings. The third kappa shape index (κ3) is 3.71. The zero-order valence-electron chi connectivity index (χ0n) is 11.8. The van der Waals surface area contributed by atoms with Crippen LogP contribution in [-0.2, 0) is 11.4 Å². The Bertz CT molecular complexity index is 676. The van der Waals surface area contributed by atoms with E-state index in [-0.39, 0.29) is 0 Å². The molecule has 0 aromatic heterocycles. The van der Waals surface area contributed by atoms with Crippen LogP contribution in [0.25, 0.3) is 0 Å². The molecular weight excluding hydrogens is 321 g/mol. The van der Waals surface area contributed by atoms with Gasteiger partial charge < -0.3 is 5.32 Å². The van der Waals surface area contributed by atoms with E-state index >= 15 is 0 Å². The first-order valence-corrected chi connectivity index (χ1v) is 7.70. The molecule has 0 bridgehead atoms. The van der Waals surface area contributed by atoms with Crippen molar-refractivity contribution in [3.8, 4) is 0 Å². The van der Waals surface area contributed by atoms with Gasteiger partial charge in [0.05, 0.1) is 17.3 Å². The molecule has 4 nitrogen and oxygen atoms in total. The summed E-state index contributed by atoms with van der Waals surface area (Å²) in [4.78, 5) is 10.3. The number of halogens is 2. The first-order valence-electron chi connectivity index (χ1n) is 6.94. The smallest absolute Gasteiger partial charge is 0.223 e. The molecule has 0 amide bonds. The summed E-state index contributed by atoms with van der Waals surface area (Å²) in [6, 6.07) is 15.2. The van der Waals surface area contributed by atoms with E-state index in [1.165, 1.54) is 0 Å². The number of nitrogens with zero attached hydrogens (tertiary/aromatic N) is 2. The Morgan fingerprint density at radius 3 is 2.73 bits per heavy atom. The molecule has 1 N–H and O–H groups in total. The SMILES string of the molecule is Clc1ccc(/N=C2\NCCN2OCc2ccccc2)c(Cl)c1. The predicted molar refractivity (Wildman–Crippen MR) is 89.5 cm³/mol. The summed E-state index contributed by atoms with van der Waals surface area (Å²) in [6.45, 7) is 2.01. The van der Waals surface area contributed by atoms with Gasteiger partial charge in [-0.25, -0.2) is 10.1 Å². The summed E-state index contributed by atoms with van der Waals surface area (Å²) in [5.41, 5.74) is 1.77. The van der Waals surface area contributed by atoms with Crippen molar-refractivity contribution in [3.05, 3.63) is 64.1 Å². The number of nitrogens with one attached hydrogen (secondary N) is 1. The average molecular weight is 336 g/mol. The molecule has 114 valence electrons. The Morgan fingerprint density at radius 2 is 1.95 bits per heavy atom. The van der Waals surface area contributed by atoms with Crippen LogP contribution in [0.3, 0.4) is 0 Å². The highest BCUT2D eigenvalue weighted by Crippen LogP contribution is 2.28. The van der Waals surface area contributed by atoms with Gasteiger partial charge in [0.1, 0.15) is 6.61 Å². The van der Waals surface area contributed by atoms with Crippen molar-refractivity contribution in [2.45, 2.75) is 6.61 Å².